The Bertz CT molecular complexity index is 288. The van der Waals surface area contributed by atoms with Gasteiger partial charge in [0.05, 0.1) is 26.3 Å². The molecule has 0 aromatic heterocycles. The molecule has 0 aliphatic heterocycles. The summed E-state index contributed by atoms with van der Waals surface area (Å²) in [5.74, 6) is 0. The molecule has 26 heavy (non-hydrogen) atoms. The van der Waals surface area contributed by atoms with Crippen molar-refractivity contribution < 1.29 is 14.7 Å². The second kappa shape index (κ2) is 19.4. The molecule has 0 amide bonds. The van der Waals surface area contributed by atoms with Gasteiger partial charge in [-0.25, -0.2) is 0 Å². The predicted molar refractivity (Wildman–Crippen MR) is 114 cm³/mol. The normalized spacial score (nSPS) is 11.8. The summed E-state index contributed by atoms with van der Waals surface area (Å²) in [6.07, 6.45) is 21.2. The van der Waals surface area contributed by atoms with Crippen LogP contribution in [-0.4, -0.2) is 54.1 Å². The van der Waals surface area contributed by atoms with Gasteiger partial charge in [0.15, 0.2) is 0 Å². The third-order valence-electron chi connectivity index (χ3n) is 5.65. The third-order valence-corrected chi connectivity index (χ3v) is 5.65. The summed E-state index contributed by atoms with van der Waals surface area (Å²) in [4.78, 5) is 0. The highest BCUT2D eigenvalue weighted by molar-refractivity contribution is 4.66. The maximum atomic E-state index is 9.34. The van der Waals surface area contributed by atoms with Crippen LogP contribution in [0.15, 0.2) is 12.7 Å². The standard InChI is InChI=1S/C23H48NO2/c1-3-5-6-7-8-9-10-11-12-13-14-15-16-17-19-24(18-4-2,20-22-25)21-23-26/h4,25-26H,2-3,5-23H2,1H3/q+1. The molecule has 0 unspecified atom stereocenters. The molecule has 0 heterocycles. The number of hydrogen-bond acceptors (Lipinski definition) is 2. The Balaban J connectivity index is 3.54. The van der Waals surface area contributed by atoms with E-state index in [1.54, 1.807) is 0 Å². The van der Waals surface area contributed by atoms with Gasteiger partial charge in [-0.1, -0.05) is 90.6 Å². The Labute approximate surface area is 164 Å². The van der Waals surface area contributed by atoms with E-state index in [0.717, 1.165) is 30.7 Å². The quantitative estimate of drug-likeness (QED) is 0.160. The van der Waals surface area contributed by atoms with E-state index >= 15 is 0 Å². The van der Waals surface area contributed by atoms with Crippen LogP contribution in [0.2, 0.25) is 0 Å². The van der Waals surface area contributed by atoms with E-state index in [0.29, 0.717) is 0 Å². The van der Waals surface area contributed by atoms with Crippen molar-refractivity contribution in [1.82, 2.24) is 0 Å². The Morgan fingerprint density at radius 1 is 0.615 bits per heavy atom. The molecule has 0 spiro atoms. The van der Waals surface area contributed by atoms with Gasteiger partial charge in [-0.3, -0.25) is 0 Å². The van der Waals surface area contributed by atoms with E-state index in [1.165, 1.54) is 89.9 Å². The van der Waals surface area contributed by atoms with E-state index in [4.69, 9.17) is 0 Å². The molecule has 0 bridgehead atoms. The minimum Gasteiger partial charge on any atom is -0.391 e. The Kier molecular flexibility index (Phi) is 19.1. The number of aliphatic hydroxyl groups is 2. The lowest BCUT2D eigenvalue weighted by atomic mass is 10.0. The van der Waals surface area contributed by atoms with Crippen molar-refractivity contribution in [2.75, 3.05) is 39.4 Å². The molecule has 0 aliphatic rings. The van der Waals surface area contributed by atoms with E-state index in [9.17, 15) is 10.2 Å². The monoisotopic (exact) mass is 370 g/mol. The molecule has 0 radical (unpaired) electrons. The van der Waals surface area contributed by atoms with Crippen molar-refractivity contribution >= 4 is 0 Å². The van der Waals surface area contributed by atoms with Gasteiger partial charge in [0.1, 0.15) is 13.1 Å². The summed E-state index contributed by atoms with van der Waals surface area (Å²) in [7, 11) is 0. The molecule has 0 rings (SSSR count). The van der Waals surface area contributed by atoms with Gasteiger partial charge in [-0.2, -0.15) is 0 Å². The molecule has 0 aromatic rings. The van der Waals surface area contributed by atoms with Crippen molar-refractivity contribution in [3.8, 4) is 0 Å². The predicted octanol–water partition coefficient (Wildman–Crippen LogP) is 5.46. The number of hydrogen-bond donors (Lipinski definition) is 2. The molecule has 0 fully saturated rings. The van der Waals surface area contributed by atoms with Gasteiger partial charge >= 0.3 is 0 Å². The molecule has 0 aliphatic carbocycles. The summed E-state index contributed by atoms with van der Waals surface area (Å²) in [6.45, 7) is 9.85. The summed E-state index contributed by atoms with van der Waals surface area (Å²) in [5.41, 5.74) is 0. The lowest BCUT2D eigenvalue weighted by Gasteiger charge is -2.37. The van der Waals surface area contributed by atoms with E-state index in [-0.39, 0.29) is 13.2 Å². The van der Waals surface area contributed by atoms with Crippen LogP contribution in [0.1, 0.15) is 96.8 Å². The van der Waals surface area contributed by atoms with Gasteiger partial charge in [0, 0.05) is 0 Å². The second-order valence-corrected chi connectivity index (χ2v) is 8.03. The maximum Gasteiger partial charge on any atom is 0.102 e. The molecule has 3 nitrogen and oxygen atoms in total. The van der Waals surface area contributed by atoms with Crippen molar-refractivity contribution in [3.05, 3.63) is 12.7 Å². The van der Waals surface area contributed by atoms with Crippen LogP contribution in [0.25, 0.3) is 0 Å². The zero-order valence-electron chi connectivity index (χ0n) is 17.8. The average Bonchev–Trinajstić information content (AvgIpc) is 2.63. The Morgan fingerprint density at radius 3 is 1.35 bits per heavy atom. The molecule has 156 valence electrons. The number of quaternary nitrogens is 1. The Hall–Kier alpha value is -0.380. The lowest BCUT2D eigenvalue weighted by Crippen LogP contribution is -2.52. The van der Waals surface area contributed by atoms with Gasteiger partial charge in [0.25, 0.3) is 0 Å². The topological polar surface area (TPSA) is 40.5 Å². The van der Waals surface area contributed by atoms with Crippen molar-refractivity contribution in [1.29, 1.82) is 0 Å². The summed E-state index contributed by atoms with van der Waals surface area (Å²) < 4.78 is 0.786. The molecule has 2 N–H and O–H groups in total. The smallest absolute Gasteiger partial charge is 0.102 e. The van der Waals surface area contributed by atoms with Crippen LogP contribution in [0.5, 0.6) is 0 Å². The molecule has 3 heteroatoms. The Morgan fingerprint density at radius 2 is 1.00 bits per heavy atom. The summed E-state index contributed by atoms with van der Waals surface area (Å²) in [5, 5.41) is 18.7. The fourth-order valence-corrected chi connectivity index (χ4v) is 3.95. The highest BCUT2D eigenvalue weighted by Gasteiger charge is 2.24. The van der Waals surface area contributed by atoms with Gasteiger partial charge in [-0.05, 0) is 18.9 Å². The van der Waals surface area contributed by atoms with E-state index < -0.39 is 0 Å². The summed E-state index contributed by atoms with van der Waals surface area (Å²) >= 11 is 0. The zero-order chi connectivity index (χ0) is 19.3. The number of nitrogens with zero attached hydrogens (tertiary/aromatic N) is 1. The number of rotatable bonds is 21. The molecule has 0 atom stereocenters. The minimum atomic E-state index is 0.187. The SMILES string of the molecule is C=CC[N+](CCO)(CCO)CCCCCCCCCCCCCCCC. The van der Waals surface area contributed by atoms with Gasteiger partial charge in [-0.15, -0.1) is 0 Å². The molecular weight excluding hydrogens is 322 g/mol. The summed E-state index contributed by atoms with van der Waals surface area (Å²) in [6, 6.07) is 0. The van der Waals surface area contributed by atoms with Crippen LogP contribution in [-0.2, 0) is 0 Å². The van der Waals surface area contributed by atoms with E-state index in [2.05, 4.69) is 13.5 Å². The number of unbranched alkanes of at least 4 members (excludes halogenated alkanes) is 13. The number of aliphatic hydroxyl groups excluding tert-OH is 2. The van der Waals surface area contributed by atoms with Crippen molar-refractivity contribution in [3.63, 3.8) is 0 Å². The third kappa shape index (κ3) is 14.8. The second-order valence-electron chi connectivity index (χ2n) is 8.03. The van der Waals surface area contributed by atoms with Gasteiger partial charge < -0.3 is 14.7 Å². The molecule has 0 aromatic carbocycles. The maximum absolute atomic E-state index is 9.34. The zero-order valence-corrected chi connectivity index (χ0v) is 17.8. The average molecular weight is 371 g/mol. The van der Waals surface area contributed by atoms with Crippen molar-refractivity contribution in [2.45, 2.75) is 96.8 Å². The first-order valence-electron chi connectivity index (χ1n) is 11.4. The van der Waals surface area contributed by atoms with Gasteiger partial charge in [0.2, 0.25) is 0 Å². The fourth-order valence-electron chi connectivity index (χ4n) is 3.95. The van der Waals surface area contributed by atoms with E-state index in [1.807, 2.05) is 6.08 Å². The van der Waals surface area contributed by atoms with Crippen LogP contribution in [0, 0.1) is 0 Å². The fraction of sp³-hybridized carbons (Fsp3) is 0.913. The van der Waals surface area contributed by atoms with Crippen LogP contribution >= 0.6 is 0 Å². The largest absolute Gasteiger partial charge is 0.391 e. The highest BCUT2D eigenvalue weighted by atomic mass is 16.3. The van der Waals surface area contributed by atoms with Crippen molar-refractivity contribution in [2.24, 2.45) is 0 Å². The first-order chi connectivity index (χ1) is 12.7. The first kappa shape index (κ1) is 25.6. The van der Waals surface area contributed by atoms with Crippen LogP contribution in [0.3, 0.4) is 0 Å². The van der Waals surface area contributed by atoms with Crippen LogP contribution < -0.4 is 0 Å². The minimum absolute atomic E-state index is 0.187. The van der Waals surface area contributed by atoms with Crippen LogP contribution in [0.4, 0.5) is 0 Å². The molecular formula is C23H48NO2+. The molecule has 0 saturated carbocycles. The highest BCUT2D eigenvalue weighted by Crippen LogP contribution is 2.15. The lowest BCUT2D eigenvalue weighted by molar-refractivity contribution is -0.923. The first-order valence-corrected chi connectivity index (χ1v) is 11.4. The molecule has 0 saturated heterocycles.